The smallest absolute Gasteiger partial charge is 0.204 e. The fraction of sp³-hybridized carbons (Fsp3) is 0.412. The first kappa shape index (κ1) is 18.0. The molecule has 0 N–H and O–H groups in total. The number of methoxy groups -OCH3 is 1. The molecule has 1 aromatic carbocycles. The van der Waals surface area contributed by atoms with Crippen LogP contribution in [0.5, 0.6) is 0 Å². The van der Waals surface area contributed by atoms with Crippen LogP contribution in [0.15, 0.2) is 18.2 Å². The van der Waals surface area contributed by atoms with Crippen LogP contribution < -0.4 is 0 Å². The predicted molar refractivity (Wildman–Crippen MR) is 98.2 cm³/mol. The van der Waals surface area contributed by atoms with Crippen molar-refractivity contribution in [3.63, 3.8) is 0 Å². The first-order chi connectivity index (χ1) is 12.0. The highest BCUT2D eigenvalue weighted by Gasteiger charge is 2.22. The Hall–Kier alpha value is -1.76. The number of hydrogen-bond acceptors (Lipinski definition) is 5. The number of halogens is 2. The van der Waals surface area contributed by atoms with E-state index >= 15 is 0 Å². The normalized spacial score (nSPS) is 12.7. The minimum Gasteiger partial charge on any atom is -0.382 e. The van der Waals surface area contributed by atoms with Crippen molar-refractivity contribution in [1.29, 1.82) is 0 Å². The van der Waals surface area contributed by atoms with E-state index in [1.54, 1.807) is 24.0 Å². The van der Waals surface area contributed by atoms with E-state index in [9.17, 15) is 0 Å². The molecule has 132 valence electrons. The molecule has 1 unspecified atom stereocenters. The SMILES string of the molecule is CCn1nc2nc(CCC(C)OC)nc-2c(-c2ccc(Cl)cc2Cl)n1. The second-order valence-electron chi connectivity index (χ2n) is 5.76. The largest absolute Gasteiger partial charge is 0.382 e. The molecule has 0 spiro atoms. The lowest BCUT2D eigenvalue weighted by Crippen LogP contribution is -2.10. The van der Waals surface area contributed by atoms with E-state index in [1.165, 1.54) is 0 Å². The van der Waals surface area contributed by atoms with Gasteiger partial charge in [0, 0.05) is 24.1 Å². The van der Waals surface area contributed by atoms with Crippen LogP contribution in [0, 0.1) is 0 Å². The second kappa shape index (κ2) is 7.64. The van der Waals surface area contributed by atoms with E-state index in [0.29, 0.717) is 40.2 Å². The molecule has 25 heavy (non-hydrogen) atoms. The number of fused-ring (bicyclic) bond motifs is 1. The molecule has 0 fully saturated rings. The van der Waals surface area contributed by atoms with E-state index in [4.69, 9.17) is 27.9 Å². The quantitative estimate of drug-likeness (QED) is 0.643. The molecule has 0 amide bonds. The topological polar surface area (TPSA) is 65.7 Å². The summed E-state index contributed by atoms with van der Waals surface area (Å²) in [5, 5.41) is 10.1. The first-order valence-electron chi connectivity index (χ1n) is 8.11. The molecule has 0 aliphatic carbocycles. The van der Waals surface area contributed by atoms with Crippen molar-refractivity contribution >= 4 is 23.2 Å². The zero-order chi connectivity index (χ0) is 18.0. The molecule has 2 heterocycles. The van der Waals surface area contributed by atoms with Crippen molar-refractivity contribution in [2.24, 2.45) is 0 Å². The fourth-order valence-corrected chi connectivity index (χ4v) is 2.97. The highest BCUT2D eigenvalue weighted by atomic mass is 35.5. The van der Waals surface area contributed by atoms with Crippen LogP contribution >= 0.6 is 23.2 Å². The number of rotatable bonds is 6. The Morgan fingerprint density at radius 1 is 1.16 bits per heavy atom. The van der Waals surface area contributed by atoms with E-state index in [-0.39, 0.29) is 6.10 Å². The number of imidazole rings is 1. The lowest BCUT2D eigenvalue weighted by atomic mass is 10.1. The zero-order valence-electron chi connectivity index (χ0n) is 14.3. The Morgan fingerprint density at radius 3 is 2.64 bits per heavy atom. The number of hydrogen-bond donors (Lipinski definition) is 0. The molecular formula is C17H19Cl2N5O. The number of ether oxygens (including phenoxy) is 1. The van der Waals surface area contributed by atoms with Gasteiger partial charge in [0.25, 0.3) is 0 Å². The Kier molecular flexibility index (Phi) is 5.51. The van der Waals surface area contributed by atoms with Crippen LogP contribution in [0.25, 0.3) is 22.8 Å². The third kappa shape index (κ3) is 3.92. The van der Waals surface area contributed by atoms with Gasteiger partial charge in [-0.2, -0.15) is 9.90 Å². The van der Waals surface area contributed by atoms with Crippen LogP contribution in [0.3, 0.4) is 0 Å². The van der Waals surface area contributed by atoms with Crippen molar-refractivity contribution in [1.82, 2.24) is 25.0 Å². The molecule has 0 saturated carbocycles. The third-order valence-corrected chi connectivity index (χ3v) is 4.53. The van der Waals surface area contributed by atoms with Crippen LogP contribution in [-0.4, -0.2) is 38.2 Å². The number of aryl methyl sites for hydroxylation is 2. The average Bonchev–Trinajstić information content (AvgIpc) is 3.02. The molecule has 6 nitrogen and oxygen atoms in total. The van der Waals surface area contributed by atoms with Gasteiger partial charge in [-0.25, -0.2) is 9.97 Å². The highest BCUT2D eigenvalue weighted by molar-refractivity contribution is 6.36. The number of benzene rings is 1. The molecule has 0 saturated heterocycles. The minimum atomic E-state index is 0.151. The van der Waals surface area contributed by atoms with E-state index < -0.39 is 0 Å². The lowest BCUT2D eigenvalue weighted by Gasteiger charge is -2.10. The van der Waals surface area contributed by atoms with Gasteiger partial charge >= 0.3 is 0 Å². The van der Waals surface area contributed by atoms with Gasteiger partial charge in [-0.1, -0.05) is 23.2 Å². The van der Waals surface area contributed by atoms with Gasteiger partial charge < -0.3 is 4.74 Å². The molecule has 1 atom stereocenters. The van der Waals surface area contributed by atoms with Crippen LogP contribution in [0.1, 0.15) is 26.1 Å². The molecule has 0 bridgehead atoms. The first-order valence-corrected chi connectivity index (χ1v) is 8.87. The van der Waals surface area contributed by atoms with Crippen LogP contribution in [0.2, 0.25) is 10.0 Å². The summed E-state index contributed by atoms with van der Waals surface area (Å²) < 4.78 is 5.28. The summed E-state index contributed by atoms with van der Waals surface area (Å²) >= 11 is 12.4. The Balaban J connectivity index is 2.06. The van der Waals surface area contributed by atoms with Gasteiger partial charge in [0.2, 0.25) is 5.82 Å². The maximum Gasteiger partial charge on any atom is 0.204 e. The minimum absolute atomic E-state index is 0.151. The van der Waals surface area contributed by atoms with Gasteiger partial charge in [0.15, 0.2) is 0 Å². The summed E-state index contributed by atoms with van der Waals surface area (Å²) in [6, 6.07) is 5.32. The van der Waals surface area contributed by atoms with E-state index in [0.717, 1.165) is 17.8 Å². The van der Waals surface area contributed by atoms with Crippen LogP contribution in [-0.2, 0) is 17.7 Å². The molecule has 0 aromatic heterocycles. The molecule has 3 rings (SSSR count). The molecular weight excluding hydrogens is 361 g/mol. The Labute approximate surface area is 156 Å². The Bertz CT molecular complexity index is 851. The molecule has 1 aromatic rings. The van der Waals surface area contributed by atoms with Gasteiger partial charge in [-0.15, -0.1) is 5.10 Å². The van der Waals surface area contributed by atoms with Crippen molar-refractivity contribution in [2.45, 2.75) is 39.3 Å². The third-order valence-electron chi connectivity index (χ3n) is 3.98. The highest BCUT2D eigenvalue weighted by Crippen LogP contribution is 2.34. The molecule has 8 heteroatoms. The van der Waals surface area contributed by atoms with Gasteiger partial charge in [-0.3, -0.25) is 0 Å². The number of aromatic nitrogens is 5. The summed E-state index contributed by atoms with van der Waals surface area (Å²) in [7, 11) is 1.70. The van der Waals surface area contributed by atoms with E-state index in [1.807, 2.05) is 19.9 Å². The van der Waals surface area contributed by atoms with Gasteiger partial charge in [-0.05, 0) is 38.5 Å². The summed E-state index contributed by atoms with van der Waals surface area (Å²) in [6.45, 7) is 4.61. The van der Waals surface area contributed by atoms with Gasteiger partial charge in [0.1, 0.15) is 17.2 Å². The summed E-state index contributed by atoms with van der Waals surface area (Å²) in [6.07, 6.45) is 1.70. The van der Waals surface area contributed by atoms with Crippen molar-refractivity contribution in [2.75, 3.05) is 7.11 Å². The second-order valence-corrected chi connectivity index (χ2v) is 6.60. The Morgan fingerprint density at radius 2 is 1.96 bits per heavy atom. The maximum atomic E-state index is 6.37. The van der Waals surface area contributed by atoms with Crippen molar-refractivity contribution in [3.8, 4) is 22.8 Å². The van der Waals surface area contributed by atoms with Gasteiger partial charge in [0.05, 0.1) is 17.7 Å². The van der Waals surface area contributed by atoms with E-state index in [2.05, 4.69) is 20.2 Å². The predicted octanol–water partition coefficient (Wildman–Crippen LogP) is 4.13. The molecule has 0 radical (unpaired) electrons. The summed E-state index contributed by atoms with van der Waals surface area (Å²) in [5.74, 6) is 1.30. The summed E-state index contributed by atoms with van der Waals surface area (Å²) in [4.78, 5) is 10.8. The van der Waals surface area contributed by atoms with Crippen LogP contribution in [0.4, 0.5) is 0 Å². The standard InChI is InChI=1S/C17H19Cl2N5O/c1-4-24-22-15(12-7-6-11(18)9-13(12)19)16-17(23-24)21-14(20-16)8-5-10(2)25-3/h6-7,9-10H,4-5,8H2,1-3H3. The summed E-state index contributed by atoms with van der Waals surface area (Å²) in [5.41, 5.74) is 2.07. The molecule has 2 aliphatic rings. The molecule has 2 aliphatic heterocycles. The fourth-order valence-electron chi connectivity index (χ4n) is 2.47. The monoisotopic (exact) mass is 379 g/mol. The number of nitrogens with zero attached hydrogens (tertiary/aromatic N) is 5. The van der Waals surface area contributed by atoms with Crippen molar-refractivity contribution in [3.05, 3.63) is 34.1 Å². The zero-order valence-corrected chi connectivity index (χ0v) is 15.8. The maximum absolute atomic E-state index is 6.37. The average molecular weight is 380 g/mol. The lowest BCUT2D eigenvalue weighted by molar-refractivity contribution is 0.111. The van der Waals surface area contributed by atoms with Crippen molar-refractivity contribution < 1.29 is 4.74 Å².